The molecule has 2 amide bonds. The van der Waals surface area contributed by atoms with E-state index in [1.165, 1.54) is 18.2 Å². The Morgan fingerprint density at radius 3 is 2.13 bits per heavy atom. The number of para-hydroxylation sites is 1. The highest BCUT2D eigenvalue weighted by molar-refractivity contribution is 5.93. The third kappa shape index (κ3) is 6.04. The Morgan fingerprint density at radius 2 is 1.60 bits per heavy atom. The number of alkyl halides is 3. The second kappa shape index (κ2) is 9.26. The Morgan fingerprint density at radius 1 is 1.03 bits per heavy atom. The van der Waals surface area contributed by atoms with Crippen LogP contribution in [0.25, 0.3) is 0 Å². The van der Waals surface area contributed by atoms with Gasteiger partial charge in [0.25, 0.3) is 0 Å². The molecule has 1 aliphatic rings. The van der Waals surface area contributed by atoms with Crippen LogP contribution in [0, 0.1) is 6.92 Å². The number of hydrogen-bond acceptors (Lipinski definition) is 6. The normalized spacial score (nSPS) is 15.7. The lowest BCUT2D eigenvalue weighted by atomic mass is 10.1. The molecule has 1 aromatic carbocycles. The molecule has 0 saturated carbocycles. The predicted molar refractivity (Wildman–Crippen MR) is 103 cm³/mol. The molecule has 0 atom stereocenters. The first-order valence-electron chi connectivity index (χ1n) is 9.34. The summed E-state index contributed by atoms with van der Waals surface area (Å²) in [5, 5.41) is 8.65. The number of carbonyl (C=O) groups excluding carboxylic acids is 2. The molecule has 1 saturated heterocycles. The summed E-state index contributed by atoms with van der Waals surface area (Å²) in [7, 11) is 0. The Balaban J connectivity index is 1.43. The summed E-state index contributed by atoms with van der Waals surface area (Å²) in [6.07, 6.45) is -4.54. The Labute approximate surface area is 171 Å². The van der Waals surface area contributed by atoms with Gasteiger partial charge in [-0.05, 0) is 19.1 Å². The highest BCUT2D eigenvalue weighted by atomic mass is 19.4. The van der Waals surface area contributed by atoms with Crippen LogP contribution in [0.3, 0.4) is 0 Å². The van der Waals surface area contributed by atoms with E-state index in [0.29, 0.717) is 31.9 Å². The van der Waals surface area contributed by atoms with Crippen molar-refractivity contribution in [1.29, 1.82) is 0 Å². The maximum absolute atomic E-state index is 13.0. The number of aromatic nitrogens is 1. The first kappa shape index (κ1) is 21.8. The Bertz CT molecular complexity index is 892. The number of nitrogens with zero attached hydrogens (tertiary/aromatic N) is 3. The first-order valence-corrected chi connectivity index (χ1v) is 9.34. The highest BCUT2D eigenvalue weighted by Crippen LogP contribution is 2.34. The van der Waals surface area contributed by atoms with E-state index in [9.17, 15) is 22.8 Å². The van der Waals surface area contributed by atoms with Crippen molar-refractivity contribution in [1.82, 2.24) is 15.0 Å². The van der Waals surface area contributed by atoms with Gasteiger partial charge in [0.15, 0.2) is 0 Å². The number of nitrogens with one attached hydrogen (secondary N) is 2. The minimum absolute atomic E-state index is 0.0242. The second-order valence-corrected chi connectivity index (χ2v) is 7.02. The van der Waals surface area contributed by atoms with Gasteiger partial charge < -0.3 is 9.84 Å². The van der Waals surface area contributed by atoms with Crippen LogP contribution in [-0.4, -0.2) is 66.0 Å². The predicted octanol–water partition coefficient (Wildman–Crippen LogP) is 2.20. The smallest absolute Gasteiger partial charge is 0.338 e. The lowest BCUT2D eigenvalue weighted by molar-refractivity contribution is -0.137. The molecule has 0 bridgehead atoms. The average molecular weight is 425 g/mol. The zero-order valence-electron chi connectivity index (χ0n) is 16.3. The van der Waals surface area contributed by atoms with Gasteiger partial charge in [0.05, 0.1) is 30.0 Å². The lowest BCUT2D eigenvalue weighted by Gasteiger charge is -2.33. The Hall–Kier alpha value is -2.92. The molecule has 2 heterocycles. The molecule has 2 aromatic rings. The van der Waals surface area contributed by atoms with Crippen LogP contribution >= 0.6 is 0 Å². The second-order valence-electron chi connectivity index (χ2n) is 7.02. The molecule has 1 aliphatic heterocycles. The number of hydrogen-bond donors (Lipinski definition) is 2. The number of anilines is 2. The molecule has 1 fully saturated rings. The molecule has 0 unspecified atom stereocenters. The van der Waals surface area contributed by atoms with Crippen LogP contribution in [0.15, 0.2) is 34.9 Å². The molecule has 11 heteroatoms. The fourth-order valence-electron chi connectivity index (χ4n) is 3.14. The number of rotatable bonds is 6. The maximum atomic E-state index is 13.0. The van der Waals surface area contributed by atoms with Gasteiger partial charge in [0, 0.05) is 32.2 Å². The zero-order chi connectivity index (χ0) is 21.7. The number of aryl methyl sites for hydroxylation is 1. The SMILES string of the molecule is Cc1cc(NC(=O)CN2CCN(CC(=O)Nc3ccccc3C(F)(F)F)CC2)on1. The first-order chi connectivity index (χ1) is 14.2. The van der Waals surface area contributed by atoms with Crippen LogP contribution in [-0.2, 0) is 15.8 Å². The fourth-order valence-corrected chi connectivity index (χ4v) is 3.14. The summed E-state index contributed by atoms with van der Waals surface area (Å²) in [6, 6.07) is 6.49. The molecule has 8 nitrogen and oxygen atoms in total. The van der Waals surface area contributed by atoms with Crippen molar-refractivity contribution in [3.05, 3.63) is 41.6 Å². The third-order valence-electron chi connectivity index (χ3n) is 4.60. The molecule has 30 heavy (non-hydrogen) atoms. The molecule has 0 spiro atoms. The van der Waals surface area contributed by atoms with E-state index in [1.807, 2.05) is 9.80 Å². The molecule has 162 valence electrons. The van der Waals surface area contributed by atoms with Crippen LogP contribution in [0.1, 0.15) is 11.3 Å². The topological polar surface area (TPSA) is 90.7 Å². The summed E-state index contributed by atoms with van der Waals surface area (Å²) in [5.74, 6) is -0.466. The molecule has 3 rings (SSSR count). The Kier molecular flexibility index (Phi) is 6.73. The fraction of sp³-hybridized carbons (Fsp3) is 0.421. The van der Waals surface area contributed by atoms with Crippen molar-refractivity contribution in [2.45, 2.75) is 13.1 Å². The number of piperazine rings is 1. The molecule has 0 aliphatic carbocycles. The number of carbonyl (C=O) groups is 2. The van der Waals surface area contributed by atoms with Crippen molar-refractivity contribution in [2.24, 2.45) is 0 Å². The lowest BCUT2D eigenvalue weighted by Crippen LogP contribution is -2.50. The third-order valence-corrected chi connectivity index (χ3v) is 4.60. The van der Waals surface area contributed by atoms with Crippen molar-refractivity contribution < 1.29 is 27.3 Å². The van der Waals surface area contributed by atoms with Crippen LogP contribution < -0.4 is 10.6 Å². The van der Waals surface area contributed by atoms with Gasteiger partial charge in [-0.25, -0.2) is 0 Å². The summed E-state index contributed by atoms with van der Waals surface area (Å²) in [5.41, 5.74) is -0.473. The van der Waals surface area contributed by atoms with Gasteiger partial charge in [0.1, 0.15) is 0 Å². The largest absolute Gasteiger partial charge is 0.418 e. The van der Waals surface area contributed by atoms with Gasteiger partial charge in [-0.15, -0.1) is 0 Å². The van der Waals surface area contributed by atoms with E-state index in [2.05, 4.69) is 15.8 Å². The quantitative estimate of drug-likeness (QED) is 0.738. The van der Waals surface area contributed by atoms with Crippen LogP contribution in [0.2, 0.25) is 0 Å². The van der Waals surface area contributed by atoms with Gasteiger partial charge in [-0.1, -0.05) is 17.3 Å². The molecule has 0 radical (unpaired) electrons. The van der Waals surface area contributed by atoms with Gasteiger partial charge in [-0.2, -0.15) is 13.2 Å². The molecule has 1 aromatic heterocycles. The van der Waals surface area contributed by atoms with E-state index < -0.39 is 17.6 Å². The van der Waals surface area contributed by atoms with E-state index in [-0.39, 0.29) is 30.6 Å². The summed E-state index contributed by atoms with van der Waals surface area (Å²) in [6.45, 7) is 4.02. The van der Waals surface area contributed by atoms with Crippen molar-refractivity contribution in [3.8, 4) is 0 Å². The van der Waals surface area contributed by atoms with Crippen molar-refractivity contribution in [3.63, 3.8) is 0 Å². The molecular formula is C19H22F3N5O3. The molecular weight excluding hydrogens is 403 g/mol. The van der Waals surface area contributed by atoms with Crippen LogP contribution in [0.5, 0.6) is 0 Å². The van der Waals surface area contributed by atoms with Gasteiger partial charge in [0.2, 0.25) is 17.7 Å². The van der Waals surface area contributed by atoms with Crippen molar-refractivity contribution >= 4 is 23.4 Å². The van der Waals surface area contributed by atoms with E-state index in [4.69, 9.17) is 4.52 Å². The van der Waals surface area contributed by atoms with Crippen molar-refractivity contribution in [2.75, 3.05) is 49.9 Å². The number of halogens is 3. The number of benzene rings is 1. The van der Waals surface area contributed by atoms with E-state index >= 15 is 0 Å². The highest BCUT2D eigenvalue weighted by Gasteiger charge is 2.33. The van der Waals surface area contributed by atoms with Gasteiger partial charge in [-0.3, -0.25) is 24.7 Å². The maximum Gasteiger partial charge on any atom is 0.418 e. The summed E-state index contributed by atoms with van der Waals surface area (Å²) >= 11 is 0. The van der Waals surface area contributed by atoms with E-state index in [0.717, 1.165) is 6.07 Å². The van der Waals surface area contributed by atoms with Crippen LogP contribution in [0.4, 0.5) is 24.7 Å². The average Bonchev–Trinajstić information content (AvgIpc) is 3.07. The summed E-state index contributed by atoms with van der Waals surface area (Å²) in [4.78, 5) is 28.0. The minimum Gasteiger partial charge on any atom is -0.338 e. The molecule has 2 N–H and O–H groups in total. The zero-order valence-corrected chi connectivity index (χ0v) is 16.3. The monoisotopic (exact) mass is 425 g/mol. The number of amides is 2. The van der Waals surface area contributed by atoms with E-state index in [1.54, 1.807) is 13.0 Å². The van der Waals surface area contributed by atoms with Gasteiger partial charge >= 0.3 is 6.18 Å². The minimum atomic E-state index is -4.54. The summed E-state index contributed by atoms with van der Waals surface area (Å²) < 4.78 is 44.0. The standard InChI is InChI=1S/C19H22F3N5O3/c1-13-10-18(30-25-13)24-17(29)12-27-8-6-26(7-9-27)11-16(28)23-15-5-3-2-4-14(15)19(20,21)22/h2-5,10H,6-9,11-12H2,1H3,(H,23,28)(H,24,29).